The Kier molecular flexibility index (Phi) is 3.84. The van der Waals surface area contributed by atoms with Crippen LogP contribution >= 0.6 is 0 Å². The first-order valence-electron chi connectivity index (χ1n) is 6.18. The standard InChI is InChI=1S/C13H20N2O2/c1-15(8-10-5-6-17-9-10)13(16)12-4-2-3-11(12)7-14/h5-6,9,11-12H,2-4,7-8,14H2,1H3. The highest BCUT2D eigenvalue weighted by molar-refractivity contribution is 5.79. The van der Waals surface area contributed by atoms with Crippen LogP contribution in [0, 0.1) is 11.8 Å². The molecule has 0 saturated heterocycles. The molecule has 0 aromatic carbocycles. The van der Waals surface area contributed by atoms with Gasteiger partial charge in [0, 0.05) is 25.1 Å². The normalized spacial score (nSPS) is 23.9. The van der Waals surface area contributed by atoms with E-state index < -0.39 is 0 Å². The van der Waals surface area contributed by atoms with E-state index in [4.69, 9.17) is 10.2 Å². The number of amides is 1. The molecule has 1 aromatic rings. The third-order valence-corrected chi connectivity index (χ3v) is 3.66. The van der Waals surface area contributed by atoms with Crippen molar-refractivity contribution in [3.63, 3.8) is 0 Å². The first-order valence-corrected chi connectivity index (χ1v) is 6.18. The molecule has 1 aliphatic carbocycles. The summed E-state index contributed by atoms with van der Waals surface area (Å²) in [5, 5.41) is 0. The van der Waals surface area contributed by atoms with Crippen LogP contribution in [0.2, 0.25) is 0 Å². The van der Waals surface area contributed by atoms with Crippen LogP contribution in [0.15, 0.2) is 23.0 Å². The number of furan rings is 1. The summed E-state index contributed by atoms with van der Waals surface area (Å²) in [5.41, 5.74) is 6.74. The summed E-state index contributed by atoms with van der Waals surface area (Å²) in [6.07, 6.45) is 6.51. The zero-order valence-electron chi connectivity index (χ0n) is 10.3. The van der Waals surface area contributed by atoms with Gasteiger partial charge in [-0.15, -0.1) is 0 Å². The molecule has 1 heterocycles. The highest BCUT2D eigenvalue weighted by Crippen LogP contribution is 2.32. The summed E-state index contributed by atoms with van der Waals surface area (Å²) < 4.78 is 5.00. The lowest BCUT2D eigenvalue weighted by Gasteiger charge is -2.24. The Morgan fingerprint density at radius 1 is 1.59 bits per heavy atom. The van der Waals surface area contributed by atoms with Gasteiger partial charge in [-0.3, -0.25) is 4.79 Å². The van der Waals surface area contributed by atoms with Crippen LogP contribution in [0.3, 0.4) is 0 Å². The van der Waals surface area contributed by atoms with Gasteiger partial charge in [0.25, 0.3) is 0 Å². The first-order chi connectivity index (χ1) is 8.22. The van der Waals surface area contributed by atoms with E-state index in [0.29, 0.717) is 19.0 Å². The number of rotatable bonds is 4. The summed E-state index contributed by atoms with van der Waals surface area (Å²) in [6.45, 7) is 1.24. The fourth-order valence-electron chi connectivity index (χ4n) is 2.66. The maximum absolute atomic E-state index is 12.3. The van der Waals surface area contributed by atoms with Crippen molar-refractivity contribution in [2.75, 3.05) is 13.6 Å². The Hall–Kier alpha value is -1.29. The van der Waals surface area contributed by atoms with Gasteiger partial charge in [0.15, 0.2) is 0 Å². The van der Waals surface area contributed by atoms with Gasteiger partial charge in [0.1, 0.15) is 0 Å². The van der Waals surface area contributed by atoms with Crippen LogP contribution in [0.4, 0.5) is 0 Å². The van der Waals surface area contributed by atoms with Crippen molar-refractivity contribution >= 4 is 5.91 Å². The van der Waals surface area contributed by atoms with Gasteiger partial charge in [-0.05, 0) is 31.4 Å². The van der Waals surface area contributed by atoms with Crippen LogP contribution in [0.5, 0.6) is 0 Å². The third kappa shape index (κ3) is 2.69. The Bertz CT molecular complexity index is 362. The van der Waals surface area contributed by atoms with Gasteiger partial charge >= 0.3 is 0 Å². The lowest BCUT2D eigenvalue weighted by atomic mass is 9.95. The fourth-order valence-corrected chi connectivity index (χ4v) is 2.66. The molecule has 1 aliphatic rings. The van der Waals surface area contributed by atoms with Gasteiger partial charge in [-0.25, -0.2) is 0 Å². The van der Waals surface area contributed by atoms with E-state index in [0.717, 1.165) is 24.8 Å². The number of nitrogens with zero attached hydrogens (tertiary/aromatic N) is 1. The molecule has 2 rings (SSSR count). The lowest BCUT2D eigenvalue weighted by molar-refractivity contribution is -0.135. The Balaban J connectivity index is 1.94. The topological polar surface area (TPSA) is 59.5 Å². The molecule has 94 valence electrons. The summed E-state index contributed by atoms with van der Waals surface area (Å²) in [4.78, 5) is 14.1. The minimum absolute atomic E-state index is 0.122. The van der Waals surface area contributed by atoms with Gasteiger partial charge in [0.2, 0.25) is 5.91 Å². The molecule has 1 amide bonds. The SMILES string of the molecule is CN(Cc1ccoc1)C(=O)C1CCCC1CN. The maximum Gasteiger partial charge on any atom is 0.226 e. The zero-order valence-corrected chi connectivity index (χ0v) is 10.3. The molecule has 2 atom stereocenters. The molecule has 0 spiro atoms. The number of carbonyl (C=O) groups is 1. The van der Waals surface area contributed by atoms with Gasteiger partial charge in [-0.1, -0.05) is 6.42 Å². The molecule has 1 fully saturated rings. The molecule has 1 aromatic heterocycles. The van der Waals surface area contributed by atoms with Crippen molar-refractivity contribution < 1.29 is 9.21 Å². The van der Waals surface area contributed by atoms with Gasteiger partial charge in [-0.2, -0.15) is 0 Å². The lowest BCUT2D eigenvalue weighted by Crippen LogP contribution is -2.36. The van der Waals surface area contributed by atoms with E-state index in [2.05, 4.69) is 0 Å². The minimum Gasteiger partial charge on any atom is -0.472 e. The highest BCUT2D eigenvalue weighted by atomic mass is 16.3. The Morgan fingerprint density at radius 3 is 3.06 bits per heavy atom. The highest BCUT2D eigenvalue weighted by Gasteiger charge is 2.33. The number of nitrogens with two attached hydrogens (primary N) is 1. The fraction of sp³-hybridized carbons (Fsp3) is 0.615. The predicted molar refractivity (Wildman–Crippen MR) is 65.1 cm³/mol. The van der Waals surface area contributed by atoms with E-state index in [1.54, 1.807) is 17.4 Å². The molecule has 0 bridgehead atoms. The average Bonchev–Trinajstić information content (AvgIpc) is 2.97. The van der Waals surface area contributed by atoms with Crippen molar-refractivity contribution in [2.45, 2.75) is 25.8 Å². The molecule has 2 unspecified atom stereocenters. The smallest absolute Gasteiger partial charge is 0.226 e. The van der Waals surface area contributed by atoms with Crippen LogP contribution < -0.4 is 5.73 Å². The molecular formula is C13H20N2O2. The predicted octanol–water partition coefficient (Wildman–Crippen LogP) is 1.61. The van der Waals surface area contributed by atoms with E-state index >= 15 is 0 Å². The number of hydrogen-bond donors (Lipinski definition) is 1. The Morgan fingerprint density at radius 2 is 2.41 bits per heavy atom. The van der Waals surface area contributed by atoms with Crippen molar-refractivity contribution in [1.29, 1.82) is 0 Å². The zero-order chi connectivity index (χ0) is 12.3. The Labute approximate surface area is 102 Å². The van der Waals surface area contributed by atoms with E-state index in [1.165, 1.54) is 0 Å². The van der Waals surface area contributed by atoms with Crippen LogP contribution in [-0.4, -0.2) is 24.4 Å². The van der Waals surface area contributed by atoms with E-state index in [9.17, 15) is 4.79 Å². The van der Waals surface area contributed by atoms with Crippen LogP contribution in [-0.2, 0) is 11.3 Å². The summed E-state index contributed by atoms with van der Waals surface area (Å²) in [6, 6.07) is 1.89. The third-order valence-electron chi connectivity index (χ3n) is 3.66. The second-order valence-electron chi connectivity index (χ2n) is 4.86. The summed E-state index contributed by atoms with van der Waals surface area (Å²) in [7, 11) is 1.85. The monoisotopic (exact) mass is 236 g/mol. The van der Waals surface area contributed by atoms with Crippen molar-refractivity contribution in [3.05, 3.63) is 24.2 Å². The molecule has 4 heteroatoms. The molecule has 0 aliphatic heterocycles. The maximum atomic E-state index is 12.3. The quantitative estimate of drug-likeness (QED) is 0.864. The molecular weight excluding hydrogens is 216 g/mol. The van der Waals surface area contributed by atoms with Gasteiger partial charge < -0.3 is 15.1 Å². The van der Waals surface area contributed by atoms with Crippen molar-refractivity contribution in [1.82, 2.24) is 4.90 Å². The molecule has 0 radical (unpaired) electrons. The molecule has 2 N–H and O–H groups in total. The molecule has 17 heavy (non-hydrogen) atoms. The van der Waals surface area contributed by atoms with Crippen molar-refractivity contribution in [2.24, 2.45) is 17.6 Å². The largest absolute Gasteiger partial charge is 0.472 e. The second-order valence-corrected chi connectivity index (χ2v) is 4.86. The second kappa shape index (κ2) is 5.36. The first kappa shape index (κ1) is 12.2. The summed E-state index contributed by atoms with van der Waals surface area (Å²) >= 11 is 0. The minimum atomic E-state index is 0.122. The van der Waals surface area contributed by atoms with Crippen molar-refractivity contribution in [3.8, 4) is 0 Å². The van der Waals surface area contributed by atoms with E-state index in [-0.39, 0.29) is 11.8 Å². The van der Waals surface area contributed by atoms with Crippen LogP contribution in [0.1, 0.15) is 24.8 Å². The number of carbonyl (C=O) groups excluding carboxylic acids is 1. The molecule has 1 saturated carbocycles. The van der Waals surface area contributed by atoms with E-state index in [1.807, 2.05) is 13.1 Å². The average molecular weight is 236 g/mol. The number of hydrogen-bond acceptors (Lipinski definition) is 3. The van der Waals surface area contributed by atoms with Crippen LogP contribution in [0.25, 0.3) is 0 Å². The summed E-state index contributed by atoms with van der Waals surface area (Å²) in [5.74, 6) is 0.713. The molecule has 4 nitrogen and oxygen atoms in total. The van der Waals surface area contributed by atoms with Gasteiger partial charge in [0.05, 0.1) is 12.5 Å².